The summed E-state index contributed by atoms with van der Waals surface area (Å²) in [5, 5.41) is 11.2. The van der Waals surface area contributed by atoms with Gasteiger partial charge in [0.1, 0.15) is 11.6 Å². The maximum absolute atomic E-state index is 12.9. The molecule has 0 atom stereocenters. The summed E-state index contributed by atoms with van der Waals surface area (Å²) in [4.78, 5) is 11.5. The number of aliphatic hydroxyl groups is 1. The van der Waals surface area contributed by atoms with E-state index in [9.17, 15) is 9.18 Å². The lowest BCUT2D eigenvalue weighted by Gasteiger charge is -2.09. The fourth-order valence-corrected chi connectivity index (χ4v) is 1.38. The Morgan fingerprint density at radius 1 is 1.47 bits per heavy atom. The number of hydrogen-bond acceptors (Lipinski definition) is 3. The lowest BCUT2D eigenvalue weighted by atomic mass is 10.2. The quantitative estimate of drug-likeness (QED) is 0.748. The van der Waals surface area contributed by atoms with Gasteiger partial charge in [0.15, 0.2) is 0 Å². The summed E-state index contributed by atoms with van der Waals surface area (Å²) in [5.41, 5.74) is 0.447. The number of nitrogens with one attached hydrogen (secondary N) is 1. The molecule has 4 nitrogen and oxygen atoms in total. The van der Waals surface area contributed by atoms with Gasteiger partial charge in [-0.25, -0.2) is 4.39 Å². The van der Waals surface area contributed by atoms with Crippen molar-refractivity contribution in [3.05, 3.63) is 24.0 Å². The second-order valence-corrected chi connectivity index (χ2v) is 3.57. The third-order valence-electron chi connectivity index (χ3n) is 2.25. The minimum absolute atomic E-state index is 0.0765. The van der Waals surface area contributed by atoms with Crippen LogP contribution in [0.4, 0.5) is 10.1 Å². The number of methoxy groups -OCH3 is 1. The maximum Gasteiger partial charge on any atom is 0.224 e. The molecule has 0 heterocycles. The van der Waals surface area contributed by atoms with Crippen molar-refractivity contribution in [3.63, 3.8) is 0 Å². The normalized spacial score (nSPS) is 10.1. The Bertz CT molecular complexity index is 382. The second-order valence-electron chi connectivity index (χ2n) is 3.57. The molecule has 17 heavy (non-hydrogen) atoms. The summed E-state index contributed by atoms with van der Waals surface area (Å²) in [6, 6.07) is 3.92. The van der Waals surface area contributed by atoms with Crippen molar-refractivity contribution in [2.45, 2.75) is 19.3 Å². The van der Waals surface area contributed by atoms with Crippen molar-refractivity contribution in [3.8, 4) is 5.75 Å². The molecule has 0 saturated heterocycles. The van der Waals surface area contributed by atoms with Gasteiger partial charge in [0, 0.05) is 19.1 Å². The molecule has 0 aromatic heterocycles. The van der Waals surface area contributed by atoms with Crippen LogP contribution < -0.4 is 10.1 Å². The molecule has 5 heteroatoms. The van der Waals surface area contributed by atoms with Gasteiger partial charge in [0.25, 0.3) is 0 Å². The molecule has 0 aliphatic carbocycles. The molecule has 1 amide bonds. The highest BCUT2D eigenvalue weighted by atomic mass is 19.1. The van der Waals surface area contributed by atoms with Gasteiger partial charge in [-0.3, -0.25) is 4.79 Å². The molecule has 2 N–H and O–H groups in total. The fourth-order valence-electron chi connectivity index (χ4n) is 1.38. The topological polar surface area (TPSA) is 58.6 Å². The van der Waals surface area contributed by atoms with Gasteiger partial charge in [0.05, 0.1) is 12.8 Å². The molecule has 0 aliphatic rings. The number of amides is 1. The van der Waals surface area contributed by atoms with E-state index >= 15 is 0 Å². The van der Waals surface area contributed by atoms with Crippen molar-refractivity contribution in [1.29, 1.82) is 0 Å². The predicted molar refractivity (Wildman–Crippen MR) is 62.5 cm³/mol. The molecule has 1 rings (SSSR count). The number of carbonyl (C=O) groups excluding carboxylic acids is 1. The van der Waals surface area contributed by atoms with E-state index in [1.165, 1.54) is 25.3 Å². The molecule has 1 aromatic carbocycles. The summed E-state index contributed by atoms with van der Waals surface area (Å²) in [6.45, 7) is 0.0765. The molecule has 0 radical (unpaired) electrons. The van der Waals surface area contributed by atoms with Gasteiger partial charge in [-0.15, -0.1) is 0 Å². The minimum atomic E-state index is -0.417. The first-order chi connectivity index (χ1) is 8.17. The van der Waals surface area contributed by atoms with E-state index in [4.69, 9.17) is 9.84 Å². The average molecular weight is 241 g/mol. The molecule has 0 aliphatic heterocycles. The minimum Gasteiger partial charge on any atom is -0.494 e. The van der Waals surface area contributed by atoms with Crippen LogP contribution in [0.1, 0.15) is 19.3 Å². The van der Waals surface area contributed by atoms with E-state index < -0.39 is 5.82 Å². The first-order valence-electron chi connectivity index (χ1n) is 5.41. The molecule has 94 valence electrons. The van der Waals surface area contributed by atoms with Crippen LogP contribution in [0.3, 0.4) is 0 Å². The first-order valence-corrected chi connectivity index (χ1v) is 5.41. The fraction of sp³-hybridized carbons (Fsp3) is 0.417. The van der Waals surface area contributed by atoms with Gasteiger partial charge in [-0.2, -0.15) is 0 Å². The SMILES string of the molecule is COc1cc(F)ccc1NC(=O)CCCCO. The van der Waals surface area contributed by atoms with Crippen molar-refractivity contribution >= 4 is 11.6 Å². The van der Waals surface area contributed by atoms with Crippen LogP contribution in [0.2, 0.25) is 0 Å². The van der Waals surface area contributed by atoms with Crippen LogP contribution in [0, 0.1) is 5.82 Å². The summed E-state index contributed by atoms with van der Waals surface area (Å²) in [7, 11) is 1.41. The van der Waals surface area contributed by atoms with Gasteiger partial charge in [-0.05, 0) is 25.0 Å². The number of ether oxygens (including phenoxy) is 1. The maximum atomic E-state index is 12.9. The number of unbranched alkanes of at least 4 members (excludes halogenated alkanes) is 1. The van der Waals surface area contributed by atoms with E-state index in [0.717, 1.165) is 0 Å². The first kappa shape index (κ1) is 13.4. The van der Waals surface area contributed by atoms with Crippen LogP contribution in [0.25, 0.3) is 0 Å². The molecular formula is C12H16FNO3. The molecular weight excluding hydrogens is 225 g/mol. The largest absolute Gasteiger partial charge is 0.494 e. The Morgan fingerprint density at radius 3 is 2.88 bits per heavy atom. The Hall–Kier alpha value is -1.62. The van der Waals surface area contributed by atoms with E-state index in [1.54, 1.807) is 0 Å². The molecule has 1 aromatic rings. The monoisotopic (exact) mass is 241 g/mol. The van der Waals surface area contributed by atoms with Crippen LogP contribution in [0.5, 0.6) is 5.75 Å². The number of anilines is 1. The van der Waals surface area contributed by atoms with Crippen molar-refractivity contribution in [1.82, 2.24) is 0 Å². The molecule has 0 bridgehead atoms. The summed E-state index contributed by atoms with van der Waals surface area (Å²) >= 11 is 0. The zero-order valence-electron chi connectivity index (χ0n) is 9.70. The Morgan fingerprint density at radius 2 is 2.24 bits per heavy atom. The van der Waals surface area contributed by atoms with Crippen molar-refractivity contribution < 1.29 is 19.0 Å². The smallest absolute Gasteiger partial charge is 0.224 e. The number of halogens is 1. The van der Waals surface area contributed by atoms with Crippen molar-refractivity contribution in [2.75, 3.05) is 19.0 Å². The summed E-state index contributed by atoms with van der Waals surface area (Å²) in [5.74, 6) is -0.302. The van der Waals surface area contributed by atoms with Crippen LogP contribution >= 0.6 is 0 Å². The highest BCUT2D eigenvalue weighted by molar-refractivity contribution is 5.92. The average Bonchev–Trinajstić information content (AvgIpc) is 2.32. The number of hydrogen-bond donors (Lipinski definition) is 2. The van der Waals surface area contributed by atoms with Gasteiger partial charge < -0.3 is 15.2 Å². The van der Waals surface area contributed by atoms with Gasteiger partial charge in [-0.1, -0.05) is 0 Å². The number of carbonyl (C=O) groups is 1. The van der Waals surface area contributed by atoms with Crippen LogP contribution in [0.15, 0.2) is 18.2 Å². The third kappa shape index (κ3) is 4.40. The zero-order chi connectivity index (χ0) is 12.7. The van der Waals surface area contributed by atoms with Gasteiger partial charge in [0.2, 0.25) is 5.91 Å². The lowest BCUT2D eigenvalue weighted by molar-refractivity contribution is -0.116. The van der Waals surface area contributed by atoms with E-state index in [0.29, 0.717) is 30.7 Å². The lowest BCUT2D eigenvalue weighted by Crippen LogP contribution is -2.12. The van der Waals surface area contributed by atoms with E-state index in [2.05, 4.69) is 5.32 Å². The molecule has 0 fully saturated rings. The zero-order valence-corrected chi connectivity index (χ0v) is 9.70. The summed E-state index contributed by atoms with van der Waals surface area (Å²) < 4.78 is 17.9. The number of aliphatic hydroxyl groups excluding tert-OH is 1. The highest BCUT2D eigenvalue weighted by Crippen LogP contribution is 2.25. The second kappa shape index (κ2) is 6.85. The van der Waals surface area contributed by atoms with Crippen LogP contribution in [-0.2, 0) is 4.79 Å². The van der Waals surface area contributed by atoms with Gasteiger partial charge >= 0.3 is 0 Å². The molecule has 0 saturated carbocycles. The standard InChI is InChI=1S/C12H16FNO3/c1-17-11-8-9(13)5-6-10(11)14-12(16)4-2-3-7-15/h5-6,8,15H,2-4,7H2,1H3,(H,14,16). The third-order valence-corrected chi connectivity index (χ3v) is 2.25. The number of benzene rings is 1. The Balaban J connectivity index is 2.58. The number of rotatable bonds is 6. The highest BCUT2D eigenvalue weighted by Gasteiger charge is 2.08. The molecule has 0 spiro atoms. The predicted octanol–water partition coefficient (Wildman–Crippen LogP) is 1.94. The van der Waals surface area contributed by atoms with E-state index in [-0.39, 0.29) is 12.5 Å². The molecule has 0 unspecified atom stereocenters. The van der Waals surface area contributed by atoms with E-state index in [1.807, 2.05) is 0 Å². The van der Waals surface area contributed by atoms with Crippen LogP contribution in [-0.4, -0.2) is 24.7 Å². The summed E-state index contributed by atoms with van der Waals surface area (Å²) in [6.07, 6.45) is 1.53. The Labute approximate surface area is 99.4 Å². The Kier molecular flexibility index (Phi) is 5.42. The van der Waals surface area contributed by atoms with Crippen molar-refractivity contribution in [2.24, 2.45) is 0 Å².